The van der Waals surface area contributed by atoms with Crippen LogP contribution in [0.5, 0.6) is 0 Å². The number of furan rings is 1. The molecule has 0 radical (unpaired) electrons. The van der Waals surface area contributed by atoms with Crippen molar-refractivity contribution in [1.29, 1.82) is 0 Å². The van der Waals surface area contributed by atoms with Gasteiger partial charge >= 0.3 is 6.03 Å². The van der Waals surface area contributed by atoms with Crippen LogP contribution in [-0.2, 0) is 11.3 Å². The van der Waals surface area contributed by atoms with Gasteiger partial charge in [0.2, 0.25) is 5.91 Å². The van der Waals surface area contributed by atoms with E-state index < -0.39 is 0 Å². The lowest BCUT2D eigenvalue weighted by molar-refractivity contribution is -0.115. The first-order valence-corrected chi connectivity index (χ1v) is 9.73. The van der Waals surface area contributed by atoms with Crippen molar-refractivity contribution in [3.8, 4) is 0 Å². The Kier molecular flexibility index (Phi) is 7.05. The van der Waals surface area contributed by atoms with Crippen molar-refractivity contribution in [3.05, 3.63) is 83.3 Å². The highest BCUT2D eigenvalue weighted by molar-refractivity contribution is 5.99. The number of urea groups is 1. The molecule has 3 rings (SSSR count). The number of anilines is 2. The van der Waals surface area contributed by atoms with Crippen LogP contribution in [0, 0.1) is 13.8 Å². The summed E-state index contributed by atoms with van der Waals surface area (Å²) < 4.78 is 5.15. The van der Waals surface area contributed by atoms with Crippen LogP contribution in [0.4, 0.5) is 16.2 Å². The highest BCUT2D eigenvalue weighted by Gasteiger charge is 2.09. The monoisotopic (exact) mass is 420 g/mol. The van der Waals surface area contributed by atoms with Gasteiger partial charge in [0.25, 0.3) is 5.91 Å². The zero-order valence-electron chi connectivity index (χ0n) is 17.3. The summed E-state index contributed by atoms with van der Waals surface area (Å²) >= 11 is 0. The molecule has 8 heteroatoms. The first-order chi connectivity index (χ1) is 14.9. The Morgan fingerprint density at radius 3 is 2.19 bits per heavy atom. The Morgan fingerprint density at radius 1 is 0.839 bits per heavy atom. The van der Waals surface area contributed by atoms with Gasteiger partial charge in [-0.25, -0.2) is 4.79 Å². The zero-order chi connectivity index (χ0) is 22.2. The molecule has 2 aromatic carbocycles. The van der Waals surface area contributed by atoms with Crippen molar-refractivity contribution in [1.82, 2.24) is 10.6 Å². The van der Waals surface area contributed by atoms with Crippen LogP contribution in [-0.4, -0.2) is 24.4 Å². The molecule has 31 heavy (non-hydrogen) atoms. The van der Waals surface area contributed by atoms with Crippen LogP contribution < -0.4 is 21.3 Å². The third kappa shape index (κ3) is 6.46. The molecule has 8 nitrogen and oxygen atoms in total. The van der Waals surface area contributed by atoms with Gasteiger partial charge in [-0.3, -0.25) is 9.59 Å². The molecule has 1 heterocycles. The van der Waals surface area contributed by atoms with Crippen molar-refractivity contribution in [3.63, 3.8) is 0 Å². The Hall–Kier alpha value is -4.07. The van der Waals surface area contributed by atoms with Gasteiger partial charge in [0.05, 0.1) is 19.4 Å². The van der Waals surface area contributed by atoms with E-state index in [1.807, 2.05) is 19.9 Å². The van der Waals surface area contributed by atoms with Gasteiger partial charge in [0.1, 0.15) is 5.76 Å². The molecule has 1 aromatic heterocycles. The molecule has 160 valence electrons. The number of hydrogen-bond donors (Lipinski definition) is 4. The van der Waals surface area contributed by atoms with Crippen LogP contribution in [0.2, 0.25) is 0 Å². The minimum Gasteiger partial charge on any atom is -0.467 e. The Labute approximate surface area is 180 Å². The summed E-state index contributed by atoms with van der Waals surface area (Å²) in [5.74, 6) is -0.00902. The van der Waals surface area contributed by atoms with E-state index in [4.69, 9.17) is 4.42 Å². The molecular formula is C23H24N4O4. The van der Waals surface area contributed by atoms with Gasteiger partial charge in [-0.15, -0.1) is 0 Å². The van der Waals surface area contributed by atoms with Crippen LogP contribution in [0.3, 0.4) is 0 Å². The van der Waals surface area contributed by atoms with E-state index in [1.54, 1.807) is 48.5 Å². The quantitative estimate of drug-likeness (QED) is 0.468. The Balaban J connectivity index is 1.43. The SMILES string of the molecule is Cc1ccc(C(=O)NCC(=O)Nc2ccc(NC(=O)NCc3ccco3)cc2)cc1C. The van der Waals surface area contributed by atoms with E-state index in [1.165, 1.54) is 6.26 Å². The predicted molar refractivity (Wildman–Crippen MR) is 118 cm³/mol. The summed E-state index contributed by atoms with van der Waals surface area (Å²) in [6.45, 7) is 4.03. The maximum absolute atomic E-state index is 12.2. The minimum atomic E-state index is -0.373. The fourth-order valence-corrected chi connectivity index (χ4v) is 2.74. The molecule has 0 unspecified atom stereocenters. The molecule has 4 N–H and O–H groups in total. The molecular weight excluding hydrogens is 396 g/mol. The van der Waals surface area contributed by atoms with Crippen molar-refractivity contribution in [2.75, 3.05) is 17.2 Å². The fourth-order valence-electron chi connectivity index (χ4n) is 2.74. The molecule has 0 aliphatic rings. The number of hydrogen-bond acceptors (Lipinski definition) is 4. The van der Waals surface area contributed by atoms with Crippen LogP contribution >= 0.6 is 0 Å². The highest BCUT2D eigenvalue weighted by Crippen LogP contribution is 2.14. The summed E-state index contributed by atoms with van der Waals surface area (Å²) in [5, 5.41) is 10.7. The van der Waals surface area contributed by atoms with Crippen molar-refractivity contribution in [2.24, 2.45) is 0 Å². The Morgan fingerprint density at radius 2 is 1.55 bits per heavy atom. The van der Waals surface area contributed by atoms with Gasteiger partial charge < -0.3 is 25.7 Å². The molecule has 0 aliphatic carbocycles. The molecule has 4 amide bonds. The second-order valence-corrected chi connectivity index (χ2v) is 6.99. The number of aryl methyl sites for hydroxylation is 2. The molecule has 0 aliphatic heterocycles. The van der Waals surface area contributed by atoms with E-state index in [-0.39, 0.29) is 30.9 Å². The lowest BCUT2D eigenvalue weighted by Crippen LogP contribution is -2.32. The number of rotatable bonds is 7. The van der Waals surface area contributed by atoms with Gasteiger partial charge in [0, 0.05) is 16.9 Å². The van der Waals surface area contributed by atoms with E-state index in [0.717, 1.165) is 11.1 Å². The topological polar surface area (TPSA) is 112 Å². The second-order valence-electron chi connectivity index (χ2n) is 6.99. The number of carbonyl (C=O) groups is 3. The maximum atomic E-state index is 12.2. The van der Waals surface area contributed by atoms with Crippen LogP contribution in [0.1, 0.15) is 27.2 Å². The van der Waals surface area contributed by atoms with E-state index in [0.29, 0.717) is 22.7 Å². The third-order valence-corrected chi connectivity index (χ3v) is 4.61. The molecule has 0 fully saturated rings. The standard InChI is InChI=1S/C23H24N4O4/c1-15-5-6-17(12-16(15)2)22(29)24-14-21(28)26-18-7-9-19(10-8-18)27-23(30)25-13-20-4-3-11-31-20/h3-12H,13-14H2,1-2H3,(H,24,29)(H,26,28)(H2,25,27,30). The van der Waals surface area contributed by atoms with E-state index in [2.05, 4.69) is 21.3 Å². The number of nitrogens with one attached hydrogen (secondary N) is 4. The summed E-state index contributed by atoms with van der Waals surface area (Å²) in [6.07, 6.45) is 1.54. The predicted octanol–water partition coefficient (Wildman–Crippen LogP) is 3.59. The smallest absolute Gasteiger partial charge is 0.319 e. The molecule has 0 saturated carbocycles. The average Bonchev–Trinajstić information content (AvgIpc) is 3.28. The molecule has 0 atom stereocenters. The zero-order valence-corrected chi connectivity index (χ0v) is 17.3. The molecule has 0 bridgehead atoms. The van der Waals surface area contributed by atoms with Crippen LogP contribution in [0.15, 0.2) is 65.3 Å². The lowest BCUT2D eigenvalue weighted by atomic mass is 10.1. The summed E-state index contributed by atoms with van der Waals surface area (Å²) in [5.41, 5.74) is 3.74. The lowest BCUT2D eigenvalue weighted by Gasteiger charge is -2.10. The summed E-state index contributed by atoms with van der Waals surface area (Å²) in [7, 11) is 0. The fraction of sp³-hybridized carbons (Fsp3) is 0.174. The third-order valence-electron chi connectivity index (χ3n) is 4.61. The molecule has 0 saturated heterocycles. The number of benzene rings is 2. The minimum absolute atomic E-state index is 0.152. The van der Waals surface area contributed by atoms with Gasteiger partial charge in [0.15, 0.2) is 0 Å². The normalized spacial score (nSPS) is 10.3. The molecule has 0 spiro atoms. The average molecular weight is 420 g/mol. The van der Waals surface area contributed by atoms with Crippen molar-refractivity contribution >= 4 is 29.2 Å². The van der Waals surface area contributed by atoms with Crippen molar-refractivity contribution in [2.45, 2.75) is 20.4 Å². The second kappa shape index (κ2) is 10.1. The Bertz CT molecular complexity index is 1060. The summed E-state index contributed by atoms with van der Waals surface area (Å²) in [4.78, 5) is 36.2. The van der Waals surface area contributed by atoms with Gasteiger partial charge in [-0.05, 0) is 73.5 Å². The van der Waals surface area contributed by atoms with Crippen LogP contribution in [0.25, 0.3) is 0 Å². The van der Waals surface area contributed by atoms with E-state index >= 15 is 0 Å². The first-order valence-electron chi connectivity index (χ1n) is 9.73. The number of carbonyl (C=O) groups excluding carboxylic acids is 3. The van der Waals surface area contributed by atoms with E-state index in [9.17, 15) is 14.4 Å². The van der Waals surface area contributed by atoms with Crippen molar-refractivity contribution < 1.29 is 18.8 Å². The summed E-state index contributed by atoms with van der Waals surface area (Å²) in [6, 6.07) is 15.2. The number of amides is 4. The van der Waals surface area contributed by atoms with Gasteiger partial charge in [-0.2, -0.15) is 0 Å². The maximum Gasteiger partial charge on any atom is 0.319 e. The molecule has 3 aromatic rings. The first kappa shape index (κ1) is 21.6. The van der Waals surface area contributed by atoms with Gasteiger partial charge in [-0.1, -0.05) is 6.07 Å². The largest absolute Gasteiger partial charge is 0.467 e. The highest BCUT2D eigenvalue weighted by atomic mass is 16.3.